The fourth-order valence-electron chi connectivity index (χ4n) is 1.57. The van der Waals surface area contributed by atoms with Crippen LogP contribution in [0.25, 0.3) is 0 Å². The van der Waals surface area contributed by atoms with Gasteiger partial charge in [-0.2, -0.15) is 0 Å². The predicted octanol–water partition coefficient (Wildman–Crippen LogP) is 2.84. The highest BCUT2D eigenvalue weighted by Crippen LogP contribution is 2.32. The van der Waals surface area contributed by atoms with Crippen molar-refractivity contribution >= 4 is 5.82 Å². The van der Waals surface area contributed by atoms with Crippen molar-refractivity contribution in [3.63, 3.8) is 0 Å². The number of benzene rings is 1. The van der Waals surface area contributed by atoms with Gasteiger partial charge in [-0.1, -0.05) is 18.2 Å². The summed E-state index contributed by atoms with van der Waals surface area (Å²) in [5.41, 5.74) is 2.87. The molecule has 5 nitrogen and oxygen atoms in total. The Morgan fingerprint density at radius 2 is 1.76 bits per heavy atom. The highest BCUT2D eigenvalue weighted by Gasteiger charge is 2.32. The fourth-order valence-corrected chi connectivity index (χ4v) is 1.57. The molecule has 0 radical (unpaired) electrons. The van der Waals surface area contributed by atoms with E-state index < -0.39 is 12.1 Å². The summed E-state index contributed by atoms with van der Waals surface area (Å²) >= 11 is 0. The topological polar surface area (TPSA) is 69.4 Å². The average molecular weight is 299 g/mol. The molecule has 0 bridgehead atoms. The Morgan fingerprint density at radius 1 is 1.05 bits per heavy atom. The van der Waals surface area contributed by atoms with Gasteiger partial charge in [0.1, 0.15) is 12.4 Å². The van der Waals surface area contributed by atoms with Crippen LogP contribution >= 0.6 is 0 Å². The number of nitrogens with two attached hydrogens (primary N) is 1. The second-order valence-electron chi connectivity index (χ2n) is 3.94. The van der Waals surface area contributed by atoms with Crippen molar-refractivity contribution in [3.05, 3.63) is 48.2 Å². The van der Waals surface area contributed by atoms with Gasteiger partial charge >= 0.3 is 6.36 Å². The first-order valence-corrected chi connectivity index (χ1v) is 5.88. The van der Waals surface area contributed by atoms with Gasteiger partial charge in [0.15, 0.2) is 11.5 Å². The van der Waals surface area contributed by atoms with Crippen LogP contribution in [0.4, 0.5) is 19.0 Å². The molecule has 2 aromatic rings. The molecule has 8 heteroatoms. The molecule has 1 aromatic heterocycles. The van der Waals surface area contributed by atoms with Crippen molar-refractivity contribution in [2.24, 2.45) is 5.84 Å². The molecule has 0 saturated heterocycles. The lowest BCUT2D eigenvalue weighted by Crippen LogP contribution is -2.17. The molecule has 112 valence electrons. The van der Waals surface area contributed by atoms with E-state index in [1.54, 1.807) is 24.3 Å². The van der Waals surface area contributed by atoms with Gasteiger partial charge in [0, 0.05) is 0 Å². The van der Waals surface area contributed by atoms with Crippen LogP contribution in [0, 0.1) is 0 Å². The molecule has 0 spiro atoms. The van der Waals surface area contributed by atoms with Crippen molar-refractivity contribution in [2.45, 2.75) is 13.0 Å². The summed E-state index contributed by atoms with van der Waals surface area (Å²) < 4.78 is 46.0. The molecule has 0 unspecified atom stereocenters. The van der Waals surface area contributed by atoms with E-state index in [0.717, 1.165) is 0 Å². The summed E-state index contributed by atoms with van der Waals surface area (Å²) in [5.74, 6) is 5.22. The number of hydrazine groups is 1. The number of alkyl halides is 3. The summed E-state index contributed by atoms with van der Waals surface area (Å²) in [6, 6.07) is 10.5. The number of nitrogen functional groups attached to an aromatic ring is 1. The highest BCUT2D eigenvalue weighted by molar-refractivity contribution is 5.40. The number of nitrogens with one attached hydrogen (secondary N) is 1. The predicted molar refractivity (Wildman–Crippen MR) is 69.5 cm³/mol. The third-order valence-corrected chi connectivity index (χ3v) is 2.41. The molecule has 0 amide bonds. The van der Waals surface area contributed by atoms with E-state index in [9.17, 15) is 13.2 Å². The van der Waals surface area contributed by atoms with Gasteiger partial charge in [-0.25, -0.2) is 10.8 Å². The Kier molecular flexibility index (Phi) is 4.49. The van der Waals surface area contributed by atoms with E-state index in [-0.39, 0.29) is 12.4 Å². The van der Waals surface area contributed by atoms with Crippen LogP contribution in [0.5, 0.6) is 11.5 Å². The van der Waals surface area contributed by atoms with Crippen LogP contribution in [0.1, 0.15) is 5.69 Å². The van der Waals surface area contributed by atoms with E-state index in [2.05, 4.69) is 15.1 Å². The Morgan fingerprint density at radius 3 is 2.43 bits per heavy atom. The third kappa shape index (κ3) is 4.53. The second kappa shape index (κ2) is 6.31. The van der Waals surface area contributed by atoms with E-state index in [4.69, 9.17) is 10.6 Å². The minimum Gasteiger partial charge on any atom is -0.483 e. The molecule has 0 aliphatic carbocycles. The molecule has 0 atom stereocenters. The molecule has 0 aliphatic heterocycles. The molecule has 1 heterocycles. The Balaban J connectivity index is 2.09. The molecular weight excluding hydrogens is 287 g/mol. The molecule has 1 aromatic carbocycles. The van der Waals surface area contributed by atoms with Crippen molar-refractivity contribution in [3.8, 4) is 11.5 Å². The summed E-state index contributed by atoms with van der Waals surface area (Å²) in [5, 5.41) is 0. The number of anilines is 1. The lowest BCUT2D eigenvalue weighted by Gasteiger charge is -2.13. The lowest BCUT2D eigenvalue weighted by molar-refractivity contribution is -0.275. The monoisotopic (exact) mass is 299 g/mol. The third-order valence-electron chi connectivity index (χ3n) is 2.41. The zero-order valence-corrected chi connectivity index (χ0v) is 10.7. The van der Waals surface area contributed by atoms with Crippen LogP contribution in [0.15, 0.2) is 42.5 Å². The number of hydrogen-bond donors (Lipinski definition) is 2. The number of halogens is 3. The number of hydrogen-bond acceptors (Lipinski definition) is 5. The molecule has 21 heavy (non-hydrogen) atoms. The van der Waals surface area contributed by atoms with Crippen molar-refractivity contribution < 1.29 is 22.6 Å². The quantitative estimate of drug-likeness (QED) is 0.656. The summed E-state index contributed by atoms with van der Waals surface area (Å²) in [6.45, 7) is -0.0201. The highest BCUT2D eigenvalue weighted by atomic mass is 19.4. The van der Waals surface area contributed by atoms with Gasteiger partial charge < -0.3 is 14.9 Å². The SMILES string of the molecule is NNc1cccc(COc2ccccc2OC(F)(F)F)n1. The van der Waals surface area contributed by atoms with Gasteiger partial charge in [0.25, 0.3) is 0 Å². The van der Waals surface area contributed by atoms with Crippen molar-refractivity contribution in [1.29, 1.82) is 0 Å². The average Bonchev–Trinajstić information content (AvgIpc) is 2.45. The van der Waals surface area contributed by atoms with E-state index in [1.165, 1.54) is 18.2 Å². The Bertz CT molecular complexity index is 605. The fraction of sp³-hybridized carbons (Fsp3) is 0.154. The van der Waals surface area contributed by atoms with Gasteiger partial charge in [0.2, 0.25) is 0 Å². The smallest absolute Gasteiger partial charge is 0.483 e. The Labute approximate surface area is 118 Å². The second-order valence-corrected chi connectivity index (χ2v) is 3.94. The molecule has 2 rings (SSSR count). The van der Waals surface area contributed by atoms with Gasteiger partial charge in [0.05, 0.1) is 5.69 Å². The summed E-state index contributed by atoms with van der Waals surface area (Å²) in [7, 11) is 0. The standard InChI is InChI=1S/C13H12F3N3O2/c14-13(15,16)21-11-6-2-1-5-10(11)20-8-9-4-3-7-12(18-9)19-17/h1-7H,8,17H2,(H,18,19). The molecular formula is C13H12F3N3O2. The van der Waals surface area contributed by atoms with Gasteiger partial charge in [-0.05, 0) is 24.3 Å². The maximum absolute atomic E-state index is 12.3. The normalized spacial score (nSPS) is 11.0. The van der Waals surface area contributed by atoms with Crippen LogP contribution in [-0.4, -0.2) is 11.3 Å². The van der Waals surface area contributed by atoms with Crippen LogP contribution in [0.2, 0.25) is 0 Å². The number of rotatable bonds is 5. The summed E-state index contributed by atoms with van der Waals surface area (Å²) in [4.78, 5) is 4.09. The lowest BCUT2D eigenvalue weighted by atomic mass is 10.3. The first-order valence-electron chi connectivity index (χ1n) is 5.88. The number of pyridine rings is 1. The van der Waals surface area contributed by atoms with E-state index in [0.29, 0.717) is 11.5 Å². The van der Waals surface area contributed by atoms with E-state index >= 15 is 0 Å². The molecule has 0 fully saturated rings. The number of ether oxygens (including phenoxy) is 2. The maximum Gasteiger partial charge on any atom is 0.573 e. The molecule has 3 N–H and O–H groups in total. The zero-order chi connectivity index (χ0) is 15.3. The largest absolute Gasteiger partial charge is 0.573 e. The van der Waals surface area contributed by atoms with Gasteiger partial charge in [-0.3, -0.25) is 0 Å². The minimum absolute atomic E-state index is 0.0201. The van der Waals surface area contributed by atoms with Crippen LogP contribution in [0.3, 0.4) is 0 Å². The molecule has 0 saturated carbocycles. The van der Waals surface area contributed by atoms with Crippen LogP contribution in [-0.2, 0) is 6.61 Å². The maximum atomic E-state index is 12.3. The minimum atomic E-state index is -4.78. The Hall–Kier alpha value is -2.48. The zero-order valence-electron chi connectivity index (χ0n) is 10.7. The van der Waals surface area contributed by atoms with E-state index in [1.807, 2.05) is 0 Å². The molecule has 0 aliphatic rings. The van der Waals surface area contributed by atoms with Crippen LogP contribution < -0.4 is 20.7 Å². The summed E-state index contributed by atoms with van der Waals surface area (Å²) in [6.07, 6.45) is -4.78. The van der Waals surface area contributed by atoms with Crippen molar-refractivity contribution in [2.75, 3.05) is 5.43 Å². The number of nitrogens with zero attached hydrogens (tertiary/aromatic N) is 1. The number of para-hydroxylation sites is 2. The number of aromatic nitrogens is 1. The first-order chi connectivity index (χ1) is 9.98. The first kappa shape index (κ1) is 14.9. The van der Waals surface area contributed by atoms with Crippen molar-refractivity contribution in [1.82, 2.24) is 4.98 Å². The van der Waals surface area contributed by atoms with Gasteiger partial charge in [-0.15, -0.1) is 13.2 Å².